The van der Waals surface area contributed by atoms with Crippen LogP contribution < -0.4 is 9.80 Å². The Morgan fingerprint density at radius 3 is 2.73 bits per heavy atom. The van der Waals surface area contributed by atoms with Gasteiger partial charge in [0.25, 0.3) is 0 Å². The molecule has 0 radical (unpaired) electrons. The van der Waals surface area contributed by atoms with Crippen LogP contribution in [0.1, 0.15) is 6.42 Å². The molecule has 30 heavy (non-hydrogen) atoms. The van der Waals surface area contributed by atoms with E-state index in [1.54, 1.807) is 34.6 Å². The Morgan fingerprint density at radius 2 is 1.97 bits per heavy atom. The van der Waals surface area contributed by atoms with Crippen molar-refractivity contribution in [3.63, 3.8) is 0 Å². The molecule has 3 aromatic rings. The molecule has 0 aliphatic carbocycles. The van der Waals surface area contributed by atoms with Crippen LogP contribution in [0.15, 0.2) is 42.6 Å². The third-order valence-corrected chi connectivity index (χ3v) is 6.89. The van der Waals surface area contributed by atoms with Crippen LogP contribution in [0.3, 0.4) is 0 Å². The molecule has 9 heteroatoms. The van der Waals surface area contributed by atoms with Crippen molar-refractivity contribution in [3.05, 3.63) is 47.6 Å². The van der Waals surface area contributed by atoms with Gasteiger partial charge in [0, 0.05) is 56.1 Å². The number of piperazine rings is 1. The quantitative estimate of drug-likeness (QED) is 0.624. The van der Waals surface area contributed by atoms with Gasteiger partial charge in [0.2, 0.25) is 11.8 Å². The number of thiazole rings is 1. The Hall–Kier alpha value is -2.71. The van der Waals surface area contributed by atoms with Gasteiger partial charge in [-0.3, -0.25) is 9.59 Å². The molecule has 2 aliphatic heterocycles. The fourth-order valence-corrected chi connectivity index (χ4v) is 5.18. The van der Waals surface area contributed by atoms with E-state index >= 15 is 0 Å². The van der Waals surface area contributed by atoms with E-state index in [1.165, 1.54) is 0 Å². The van der Waals surface area contributed by atoms with Crippen molar-refractivity contribution in [2.75, 3.05) is 42.5 Å². The minimum absolute atomic E-state index is 0.0313. The molecule has 2 aromatic heterocycles. The number of benzene rings is 1. The number of anilines is 2. The van der Waals surface area contributed by atoms with E-state index in [9.17, 15) is 9.59 Å². The van der Waals surface area contributed by atoms with Gasteiger partial charge in [0.15, 0.2) is 5.13 Å². The molecule has 2 amide bonds. The Morgan fingerprint density at radius 1 is 1.13 bits per heavy atom. The van der Waals surface area contributed by atoms with Crippen molar-refractivity contribution >= 4 is 55.9 Å². The van der Waals surface area contributed by atoms with E-state index in [-0.39, 0.29) is 24.2 Å². The van der Waals surface area contributed by atoms with Gasteiger partial charge in [-0.15, -0.1) is 0 Å². The zero-order valence-corrected chi connectivity index (χ0v) is 17.8. The molecule has 4 heterocycles. The minimum Gasteiger partial charge on any atom is -0.344 e. The maximum absolute atomic E-state index is 13.1. The number of carbonyl (C=O) groups is 2. The largest absolute Gasteiger partial charge is 0.344 e. The lowest BCUT2D eigenvalue weighted by atomic mass is 10.1. The van der Waals surface area contributed by atoms with E-state index in [0.29, 0.717) is 24.7 Å². The summed E-state index contributed by atoms with van der Waals surface area (Å²) >= 11 is 7.63. The number of aromatic nitrogens is 2. The third kappa shape index (κ3) is 3.61. The highest BCUT2D eigenvalue weighted by Crippen LogP contribution is 2.30. The van der Waals surface area contributed by atoms with Gasteiger partial charge >= 0.3 is 0 Å². The Labute approximate surface area is 182 Å². The predicted octanol–water partition coefficient (Wildman–Crippen LogP) is 3.05. The van der Waals surface area contributed by atoms with Crippen LogP contribution in [-0.4, -0.2) is 59.4 Å². The van der Waals surface area contributed by atoms with Crippen LogP contribution in [0.4, 0.5) is 10.8 Å². The van der Waals surface area contributed by atoms with E-state index in [4.69, 9.17) is 11.6 Å². The first kappa shape index (κ1) is 19.3. The minimum atomic E-state index is -0.310. The van der Waals surface area contributed by atoms with Gasteiger partial charge in [-0.05, 0) is 30.3 Å². The van der Waals surface area contributed by atoms with Gasteiger partial charge in [0.1, 0.15) is 10.3 Å². The normalized spacial score (nSPS) is 19.7. The van der Waals surface area contributed by atoms with Crippen LogP contribution in [0.5, 0.6) is 0 Å². The van der Waals surface area contributed by atoms with E-state index in [0.717, 1.165) is 34.3 Å². The van der Waals surface area contributed by atoms with Crippen molar-refractivity contribution in [2.45, 2.75) is 6.42 Å². The molecule has 1 atom stereocenters. The van der Waals surface area contributed by atoms with Gasteiger partial charge in [-0.25, -0.2) is 9.97 Å². The summed E-state index contributed by atoms with van der Waals surface area (Å²) in [6.07, 6.45) is 2.02. The first-order valence-corrected chi connectivity index (χ1v) is 11.1. The Kier molecular flexibility index (Phi) is 5.04. The molecule has 0 N–H and O–H groups in total. The summed E-state index contributed by atoms with van der Waals surface area (Å²) in [5.74, 6) is -0.288. The number of pyridine rings is 1. The van der Waals surface area contributed by atoms with E-state index in [1.807, 2.05) is 29.2 Å². The molecule has 154 valence electrons. The monoisotopic (exact) mass is 441 g/mol. The topological polar surface area (TPSA) is 69.6 Å². The maximum Gasteiger partial charge on any atom is 0.228 e. The lowest BCUT2D eigenvalue weighted by Gasteiger charge is -2.35. The smallest absolute Gasteiger partial charge is 0.228 e. The van der Waals surface area contributed by atoms with Crippen LogP contribution >= 0.6 is 22.9 Å². The number of nitrogens with zero attached hydrogens (tertiary/aromatic N) is 5. The highest BCUT2D eigenvalue weighted by molar-refractivity contribution is 7.21. The molecule has 0 saturated carbocycles. The molecule has 1 aromatic carbocycles. The maximum atomic E-state index is 13.1. The number of hydrogen-bond acceptors (Lipinski definition) is 6. The zero-order chi connectivity index (χ0) is 20.7. The van der Waals surface area contributed by atoms with Crippen molar-refractivity contribution in [1.82, 2.24) is 14.9 Å². The number of halogens is 1. The fraction of sp³-hybridized carbons (Fsp3) is 0.333. The summed E-state index contributed by atoms with van der Waals surface area (Å²) in [5, 5.41) is 1.52. The SMILES string of the molecule is O=C(C1CC(=O)N(c2cccc(Cl)c2)C1)N1CCN(c2nc3cccnc3s2)CC1. The fourth-order valence-electron chi connectivity index (χ4n) is 4.04. The van der Waals surface area contributed by atoms with Gasteiger partial charge in [-0.2, -0.15) is 0 Å². The number of fused-ring (bicyclic) bond motifs is 1. The molecular weight excluding hydrogens is 422 g/mol. The summed E-state index contributed by atoms with van der Waals surface area (Å²) < 4.78 is 0. The summed E-state index contributed by atoms with van der Waals surface area (Å²) in [6.45, 7) is 3.12. The standard InChI is InChI=1S/C21H20ClN5O2S/c22-15-3-1-4-16(12-15)27-13-14(11-18(27)28)20(29)25-7-9-26(10-8-25)21-24-17-5-2-6-23-19(17)30-21/h1-6,12,14H,7-11,13H2. The first-order chi connectivity index (χ1) is 14.6. The van der Waals surface area contributed by atoms with Crippen LogP contribution in [0.25, 0.3) is 10.3 Å². The zero-order valence-electron chi connectivity index (χ0n) is 16.2. The molecular formula is C21H20ClN5O2S. The van der Waals surface area contributed by atoms with Crippen molar-refractivity contribution in [2.24, 2.45) is 5.92 Å². The highest BCUT2D eigenvalue weighted by Gasteiger charge is 2.38. The molecule has 7 nitrogen and oxygen atoms in total. The van der Waals surface area contributed by atoms with Gasteiger partial charge in [-0.1, -0.05) is 29.0 Å². The van der Waals surface area contributed by atoms with Gasteiger partial charge < -0.3 is 14.7 Å². The second-order valence-corrected chi connectivity index (χ2v) is 8.91. The first-order valence-electron chi connectivity index (χ1n) is 9.90. The number of hydrogen-bond donors (Lipinski definition) is 0. The van der Waals surface area contributed by atoms with Gasteiger partial charge in [0.05, 0.1) is 5.92 Å². The highest BCUT2D eigenvalue weighted by atomic mass is 35.5. The summed E-state index contributed by atoms with van der Waals surface area (Å²) in [7, 11) is 0. The molecule has 0 bridgehead atoms. The molecule has 1 unspecified atom stereocenters. The molecule has 0 spiro atoms. The predicted molar refractivity (Wildman–Crippen MR) is 118 cm³/mol. The summed E-state index contributed by atoms with van der Waals surface area (Å²) in [5.41, 5.74) is 1.65. The molecule has 5 rings (SSSR count). The van der Waals surface area contributed by atoms with Crippen LogP contribution in [-0.2, 0) is 9.59 Å². The second kappa shape index (κ2) is 7.85. The van der Waals surface area contributed by atoms with Crippen LogP contribution in [0.2, 0.25) is 5.02 Å². The average Bonchev–Trinajstić information content (AvgIpc) is 3.37. The van der Waals surface area contributed by atoms with E-state index in [2.05, 4.69) is 14.9 Å². The number of amides is 2. The van der Waals surface area contributed by atoms with Crippen molar-refractivity contribution in [3.8, 4) is 0 Å². The average molecular weight is 442 g/mol. The molecule has 2 saturated heterocycles. The lowest BCUT2D eigenvalue weighted by molar-refractivity contribution is -0.136. The van der Waals surface area contributed by atoms with Crippen molar-refractivity contribution in [1.29, 1.82) is 0 Å². The summed E-state index contributed by atoms with van der Waals surface area (Å²) in [6, 6.07) is 11.1. The summed E-state index contributed by atoms with van der Waals surface area (Å²) in [4.78, 5) is 41.2. The number of carbonyl (C=O) groups excluding carboxylic acids is 2. The second-order valence-electron chi connectivity index (χ2n) is 7.52. The third-order valence-electron chi connectivity index (χ3n) is 5.61. The van der Waals surface area contributed by atoms with Crippen LogP contribution in [0, 0.1) is 5.92 Å². The lowest BCUT2D eigenvalue weighted by Crippen LogP contribution is -2.50. The van der Waals surface area contributed by atoms with E-state index < -0.39 is 0 Å². The Bertz CT molecular complexity index is 1080. The van der Waals surface area contributed by atoms with Crippen molar-refractivity contribution < 1.29 is 9.59 Å². The molecule has 2 aliphatic rings. The Balaban J connectivity index is 1.22. The number of rotatable bonds is 3. The molecule has 2 fully saturated rings.